The van der Waals surface area contributed by atoms with Gasteiger partial charge in [-0.15, -0.1) is 0 Å². The monoisotopic (exact) mass is 140 g/mol. The minimum Gasteiger partial charge on any atom is -0.381 e. The van der Waals surface area contributed by atoms with Crippen molar-refractivity contribution in [1.82, 2.24) is 0 Å². The summed E-state index contributed by atoms with van der Waals surface area (Å²) < 4.78 is 5.16. The van der Waals surface area contributed by atoms with Gasteiger partial charge in [-0.2, -0.15) is 0 Å². The van der Waals surface area contributed by atoms with Crippen LogP contribution in [0.2, 0.25) is 0 Å². The molecule has 10 heavy (non-hydrogen) atoms. The van der Waals surface area contributed by atoms with Crippen molar-refractivity contribution in [3.63, 3.8) is 0 Å². The van der Waals surface area contributed by atoms with E-state index in [9.17, 15) is 0 Å². The lowest BCUT2D eigenvalue weighted by atomic mass is 9.97. The van der Waals surface area contributed by atoms with Crippen molar-refractivity contribution in [3.8, 4) is 0 Å². The fourth-order valence-corrected chi connectivity index (χ4v) is 2.05. The van der Waals surface area contributed by atoms with Crippen LogP contribution < -0.4 is 0 Å². The fraction of sp³-hybridized carbons (Fsp3) is 1.00. The van der Waals surface area contributed by atoms with Crippen LogP contribution in [0.4, 0.5) is 0 Å². The maximum Gasteiger partial charge on any atom is 0.0519 e. The summed E-state index contributed by atoms with van der Waals surface area (Å²) in [6, 6.07) is 0. The summed E-state index contributed by atoms with van der Waals surface area (Å²) in [5.41, 5.74) is 0. The summed E-state index contributed by atoms with van der Waals surface area (Å²) in [5.74, 6) is 3.92. The van der Waals surface area contributed by atoms with Crippen LogP contribution in [-0.2, 0) is 4.74 Å². The van der Waals surface area contributed by atoms with E-state index in [0.29, 0.717) is 0 Å². The molecular weight excluding hydrogens is 124 g/mol. The van der Waals surface area contributed by atoms with Crippen molar-refractivity contribution < 1.29 is 4.74 Å². The molecule has 1 saturated carbocycles. The Balaban J connectivity index is 1.78. The second kappa shape index (κ2) is 2.23. The van der Waals surface area contributed by atoms with Gasteiger partial charge >= 0.3 is 0 Å². The lowest BCUT2D eigenvalue weighted by molar-refractivity contribution is -0.0458. The lowest BCUT2D eigenvalue weighted by Gasteiger charge is -2.26. The van der Waals surface area contributed by atoms with E-state index in [0.717, 1.165) is 36.9 Å². The first-order chi connectivity index (χ1) is 4.79. The van der Waals surface area contributed by atoms with Gasteiger partial charge in [-0.05, 0) is 24.2 Å². The first-order valence-corrected chi connectivity index (χ1v) is 4.37. The van der Waals surface area contributed by atoms with Gasteiger partial charge in [0.15, 0.2) is 0 Å². The first-order valence-electron chi connectivity index (χ1n) is 4.37. The highest BCUT2D eigenvalue weighted by Gasteiger charge is 2.46. The van der Waals surface area contributed by atoms with Crippen LogP contribution in [-0.4, -0.2) is 13.2 Å². The van der Waals surface area contributed by atoms with Gasteiger partial charge in [-0.25, -0.2) is 0 Å². The Kier molecular flexibility index (Phi) is 1.48. The number of hydrogen-bond donors (Lipinski definition) is 0. The average molecular weight is 140 g/mol. The molecule has 1 aliphatic carbocycles. The summed E-state index contributed by atoms with van der Waals surface area (Å²) in [6.07, 6.45) is 1.48. The van der Waals surface area contributed by atoms with E-state index in [4.69, 9.17) is 4.74 Å². The first kappa shape index (κ1) is 6.66. The Labute approximate surface area is 62.8 Å². The zero-order valence-electron chi connectivity index (χ0n) is 6.84. The van der Waals surface area contributed by atoms with Crippen molar-refractivity contribution in [2.45, 2.75) is 20.3 Å². The lowest BCUT2D eigenvalue weighted by Crippen LogP contribution is -2.30. The molecule has 1 nitrogen and oxygen atoms in total. The molecule has 1 heterocycles. The Hall–Kier alpha value is -0.0400. The van der Waals surface area contributed by atoms with Crippen LogP contribution in [0.15, 0.2) is 0 Å². The molecule has 1 saturated heterocycles. The Morgan fingerprint density at radius 1 is 1.30 bits per heavy atom. The van der Waals surface area contributed by atoms with Crippen molar-refractivity contribution in [1.29, 1.82) is 0 Å². The summed E-state index contributed by atoms with van der Waals surface area (Å²) in [4.78, 5) is 0. The molecular formula is C9H16O. The largest absolute Gasteiger partial charge is 0.381 e. The zero-order valence-corrected chi connectivity index (χ0v) is 6.84. The standard InChI is InChI=1S/C9H16O/c1-6(2)8-3-9(8)7-4-10-5-7/h6-9H,3-5H2,1-2H3/t8-,9-/m0/s1. The third-order valence-corrected chi connectivity index (χ3v) is 3.02. The summed E-state index contributed by atoms with van der Waals surface area (Å²) >= 11 is 0. The second-order valence-corrected chi connectivity index (χ2v) is 4.10. The molecule has 0 radical (unpaired) electrons. The van der Waals surface area contributed by atoms with E-state index in [1.54, 1.807) is 0 Å². The molecule has 0 aromatic heterocycles. The fourth-order valence-electron chi connectivity index (χ4n) is 2.05. The van der Waals surface area contributed by atoms with E-state index in [1.807, 2.05) is 0 Å². The van der Waals surface area contributed by atoms with Crippen LogP contribution >= 0.6 is 0 Å². The molecule has 0 N–H and O–H groups in total. The molecule has 1 aliphatic heterocycles. The highest BCUT2D eigenvalue weighted by Crippen LogP contribution is 2.50. The molecule has 2 aliphatic rings. The molecule has 1 heteroatoms. The van der Waals surface area contributed by atoms with E-state index in [-0.39, 0.29) is 0 Å². The molecule has 2 atom stereocenters. The topological polar surface area (TPSA) is 9.23 Å². The van der Waals surface area contributed by atoms with E-state index < -0.39 is 0 Å². The second-order valence-electron chi connectivity index (χ2n) is 4.10. The van der Waals surface area contributed by atoms with Gasteiger partial charge in [0, 0.05) is 5.92 Å². The highest BCUT2D eigenvalue weighted by atomic mass is 16.5. The minimum absolute atomic E-state index is 0.908. The molecule has 0 aromatic carbocycles. The van der Waals surface area contributed by atoms with Gasteiger partial charge in [0.2, 0.25) is 0 Å². The Morgan fingerprint density at radius 2 is 2.00 bits per heavy atom. The predicted octanol–water partition coefficient (Wildman–Crippen LogP) is 1.92. The van der Waals surface area contributed by atoms with Crippen LogP contribution in [0.1, 0.15) is 20.3 Å². The maximum absolute atomic E-state index is 5.16. The molecule has 0 aromatic rings. The van der Waals surface area contributed by atoms with Crippen molar-refractivity contribution >= 4 is 0 Å². The summed E-state index contributed by atoms with van der Waals surface area (Å²) in [6.45, 7) is 6.77. The minimum atomic E-state index is 0.908. The highest BCUT2D eigenvalue weighted by molar-refractivity contribution is 4.94. The molecule has 58 valence electrons. The molecule has 2 rings (SSSR count). The third-order valence-electron chi connectivity index (χ3n) is 3.02. The number of rotatable bonds is 2. The summed E-state index contributed by atoms with van der Waals surface area (Å²) in [7, 11) is 0. The van der Waals surface area contributed by atoms with E-state index in [2.05, 4.69) is 13.8 Å². The van der Waals surface area contributed by atoms with E-state index in [1.165, 1.54) is 6.42 Å². The third kappa shape index (κ3) is 0.968. The Morgan fingerprint density at radius 3 is 2.30 bits per heavy atom. The zero-order chi connectivity index (χ0) is 7.14. The predicted molar refractivity (Wildman–Crippen MR) is 40.7 cm³/mol. The quantitative estimate of drug-likeness (QED) is 0.569. The molecule has 2 fully saturated rings. The van der Waals surface area contributed by atoms with Gasteiger partial charge in [0.1, 0.15) is 0 Å². The van der Waals surface area contributed by atoms with Crippen molar-refractivity contribution in [2.75, 3.05) is 13.2 Å². The Bertz CT molecular complexity index is 127. The van der Waals surface area contributed by atoms with Crippen LogP contribution in [0.3, 0.4) is 0 Å². The molecule has 0 amide bonds. The van der Waals surface area contributed by atoms with E-state index >= 15 is 0 Å². The molecule has 0 spiro atoms. The maximum atomic E-state index is 5.16. The van der Waals surface area contributed by atoms with Crippen LogP contribution in [0.5, 0.6) is 0 Å². The molecule has 0 unspecified atom stereocenters. The molecule has 0 bridgehead atoms. The van der Waals surface area contributed by atoms with Gasteiger partial charge in [-0.1, -0.05) is 13.8 Å². The van der Waals surface area contributed by atoms with Crippen molar-refractivity contribution in [2.24, 2.45) is 23.7 Å². The van der Waals surface area contributed by atoms with Crippen LogP contribution in [0.25, 0.3) is 0 Å². The van der Waals surface area contributed by atoms with Gasteiger partial charge in [0.05, 0.1) is 13.2 Å². The van der Waals surface area contributed by atoms with Gasteiger partial charge < -0.3 is 4.74 Å². The van der Waals surface area contributed by atoms with Gasteiger partial charge in [0.25, 0.3) is 0 Å². The smallest absolute Gasteiger partial charge is 0.0519 e. The van der Waals surface area contributed by atoms with Crippen LogP contribution in [0, 0.1) is 23.7 Å². The number of ether oxygens (including phenoxy) is 1. The normalized spacial score (nSPS) is 39.9. The average Bonchev–Trinajstić information content (AvgIpc) is 2.40. The summed E-state index contributed by atoms with van der Waals surface area (Å²) in [5, 5.41) is 0. The van der Waals surface area contributed by atoms with Crippen molar-refractivity contribution in [3.05, 3.63) is 0 Å². The number of hydrogen-bond acceptors (Lipinski definition) is 1. The van der Waals surface area contributed by atoms with Gasteiger partial charge in [-0.3, -0.25) is 0 Å². The SMILES string of the molecule is CC(C)[C@@H]1C[C@H]1C1COC1.